The van der Waals surface area contributed by atoms with Gasteiger partial charge in [-0.1, -0.05) is 25.4 Å². The molecular weight excluding hydrogens is 234 g/mol. The van der Waals surface area contributed by atoms with Gasteiger partial charge in [0, 0.05) is 18.2 Å². The minimum absolute atomic E-state index is 0.582. The van der Waals surface area contributed by atoms with Crippen molar-refractivity contribution < 1.29 is 0 Å². The highest BCUT2D eigenvalue weighted by Gasteiger charge is 2.29. The van der Waals surface area contributed by atoms with Gasteiger partial charge in [0.05, 0.1) is 0 Å². The summed E-state index contributed by atoms with van der Waals surface area (Å²) < 4.78 is 0. The summed E-state index contributed by atoms with van der Waals surface area (Å²) in [6, 6.07) is 0.582. The van der Waals surface area contributed by atoms with E-state index in [0.29, 0.717) is 17.1 Å². The smallest absolute Gasteiger partial charge is 0.137 e. The van der Waals surface area contributed by atoms with E-state index in [2.05, 4.69) is 28.7 Å². The molecule has 17 heavy (non-hydrogen) atoms. The Labute approximate surface area is 108 Å². The normalized spacial score (nSPS) is 20.4. The van der Waals surface area contributed by atoms with Crippen LogP contribution in [0, 0.1) is 19.8 Å². The molecule has 0 spiro atoms. The first kappa shape index (κ1) is 12.6. The number of aromatic nitrogens is 2. The summed E-state index contributed by atoms with van der Waals surface area (Å²) in [5.41, 5.74) is 1.00. The zero-order valence-corrected chi connectivity index (χ0v) is 11.8. The molecule has 0 radical (unpaired) electrons. The highest BCUT2D eigenvalue weighted by Crippen LogP contribution is 2.32. The number of halogens is 1. The first-order valence-corrected chi connectivity index (χ1v) is 6.66. The van der Waals surface area contributed by atoms with Crippen LogP contribution in [0.3, 0.4) is 0 Å². The lowest BCUT2D eigenvalue weighted by Crippen LogP contribution is -2.34. The van der Waals surface area contributed by atoms with Gasteiger partial charge in [0.25, 0.3) is 0 Å². The van der Waals surface area contributed by atoms with Gasteiger partial charge >= 0.3 is 0 Å². The van der Waals surface area contributed by atoms with Gasteiger partial charge in [0.1, 0.15) is 16.8 Å². The summed E-state index contributed by atoms with van der Waals surface area (Å²) in [7, 11) is 0. The molecule has 0 N–H and O–H groups in total. The number of nitrogens with zero attached hydrogens (tertiary/aromatic N) is 3. The third-order valence-electron chi connectivity index (χ3n) is 3.51. The van der Waals surface area contributed by atoms with E-state index in [4.69, 9.17) is 11.6 Å². The lowest BCUT2D eigenvalue weighted by atomic mass is 10.0. The van der Waals surface area contributed by atoms with Crippen LogP contribution in [0.15, 0.2) is 0 Å². The molecule has 2 rings (SSSR count). The summed E-state index contributed by atoms with van der Waals surface area (Å²) in [6.45, 7) is 9.53. The van der Waals surface area contributed by atoms with Gasteiger partial charge in [-0.2, -0.15) is 0 Å². The Balaban J connectivity index is 2.39. The maximum Gasteiger partial charge on any atom is 0.137 e. The summed E-state index contributed by atoms with van der Waals surface area (Å²) in [4.78, 5) is 11.2. The second-order valence-electron chi connectivity index (χ2n) is 5.16. The van der Waals surface area contributed by atoms with Gasteiger partial charge in [-0.15, -0.1) is 0 Å². The molecule has 1 atom stereocenters. The average Bonchev–Trinajstić information content (AvgIpc) is 2.72. The lowest BCUT2D eigenvalue weighted by Gasteiger charge is -2.30. The molecule has 0 aliphatic carbocycles. The van der Waals surface area contributed by atoms with Crippen LogP contribution in [-0.2, 0) is 0 Å². The standard InChI is InChI=1S/C13H20ClN3/c1-8(2)11-6-5-7-17(11)13-9(3)12(14)15-10(4)16-13/h8,11H,5-7H2,1-4H3. The Morgan fingerprint density at radius 1 is 1.29 bits per heavy atom. The van der Waals surface area contributed by atoms with Crippen LogP contribution in [0.4, 0.5) is 5.82 Å². The number of rotatable bonds is 2. The van der Waals surface area contributed by atoms with Crippen LogP contribution in [-0.4, -0.2) is 22.6 Å². The minimum Gasteiger partial charge on any atom is -0.353 e. The molecule has 1 unspecified atom stereocenters. The van der Waals surface area contributed by atoms with Crippen LogP contribution in [0.5, 0.6) is 0 Å². The van der Waals surface area contributed by atoms with Gasteiger partial charge < -0.3 is 4.90 Å². The zero-order chi connectivity index (χ0) is 12.6. The second kappa shape index (κ2) is 4.81. The third kappa shape index (κ3) is 2.39. The van der Waals surface area contributed by atoms with Crippen LogP contribution in [0.1, 0.15) is 38.1 Å². The van der Waals surface area contributed by atoms with Gasteiger partial charge in [-0.05, 0) is 32.6 Å². The molecule has 0 saturated carbocycles. The Morgan fingerprint density at radius 2 is 2.00 bits per heavy atom. The average molecular weight is 254 g/mol. The van der Waals surface area contributed by atoms with Crippen molar-refractivity contribution in [3.05, 3.63) is 16.5 Å². The first-order valence-electron chi connectivity index (χ1n) is 6.28. The predicted molar refractivity (Wildman–Crippen MR) is 71.7 cm³/mol. The fraction of sp³-hybridized carbons (Fsp3) is 0.692. The molecule has 4 heteroatoms. The Hall–Kier alpha value is -0.830. The molecule has 0 aromatic carbocycles. The van der Waals surface area contributed by atoms with Crippen LogP contribution < -0.4 is 4.90 Å². The fourth-order valence-corrected chi connectivity index (χ4v) is 2.82. The molecule has 1 aromatic rings. The summed E-state index contributed by atoms with van der Waals surface area (Å²) in [5.74, 6) is 2.43. The quantitative estimate of drug-likeness (QED) is 0.757. The Morgan fingerprint density at radius 3 is 2.65 bits per heavy atom. The first-order chi connectivity index (χ1) is 8.00. The highest BCUT2D eigenvalue weighted by atomic mass is 35.5. The molecule has 1 aliphatic heterocycles. The molecular formula is C13H20ClN3. The number of hydrogen-bond acceptors (Lipinski definition) is 3. The maximum absolute atomic E-state index is 6.15. The summed E-state index contributed by atoms with van der Waals surface area (Å²) in [5, 5.41) is 0.585. The molecule has 1 aromatic heterocycles. The Kier molecular flexibility index (Phi) is 3.57. The fourth-order valence-electron chi connectivity index (χ4n) is 2.61. The van der Waals surface area contributed by atoms with Gasteiger partial charge in [0.2, 0.25) is 0 Å². The van der Waals surface area contributed by atoms with Crippen molar-refractivity contribution in [1.82, 2.24) is 9.97 Å². The zero-order valence-electron chi connectivity index (χ0n) is 11.0. The van der Waals surface area contributed by atoms with E-state index < -0.39 is 0 Å². The van der Waals surface area contributed by atoms with Crippen LogP contribution in [0.2, 0.25) is 5.15 Å². The molecule has 2 heterocycles. The molecule has 1 fully saturated rings. The summed E-state index contributed by atoms with van der Waals surface area (Å²) >= 11 is 6.15. The van der Waals surface area contributed by atoms with E-state index in [1.807, 2.05) is 13.8 Å². The lowest BCUT2D eigenvalue weighted by molar-refractivity contribution is 0.488. The number of hydrogen-bond donors (Lipinski definition) is 0. The summed E-state index contributed by atoms with van der Waals surface area (Å²) in [6.07, 6.45) is 2.49. The number of anilines is 1. The second-order valence-corrected chi connectivity index (χ2v) is 5.52. The molecule has 3 nitrogen and oxygen atoms in total. The van der Waals surface area contributed by atoms with E-state index >= 15 is 0 Å². The maximum atomic E-state index is 6.15. The van der Waals surface area contributed by atoms with Gasteiger partial charge in [-0.3, -0.25) is 0 Å². The molecule has 0 bridgehead atoms. The van der Waals surface area contributed by atoms with E-state index in [-0.39, 0.29) is 0 Å². The molecule has 1 aliphatic rings. The van der Waals surface area contributed by atoms with Crippen molar-refractivity contribution in [2.45, 2.75) is 46.6 Å². The van der Waals surface area contributed by atoms with E-state index in [9.17, 15) is 0 Å². The largest absolute Gasteiger partial charge is 0.353 e. The van der Waals surface area contributed by atoms with Crippen molar-refractivity contribution >= 4 is 17.4 Å². The number of aryl methyl sites for hydroxylation is 1. The highest BCUT2D eigenvalue weighted by molar-refractivity contribution is 6.30. The van der Waals surface area contributed by atoms with Crippen molar-refractivity contribution in [3.63, 3.8) is 0 Å². The van der Waals surface area contributed by atoms with Crippen molar-refractivity contribution in [3.8, 4) is 0 Å². The van der Waals surface area contributed by atoms with E-state index in [1.165, 1.54) is 12.8 Å². The van der Waals surface area contributed by atoms with Crippen LogP contribution in [0.25, 0.3) is 0 Å². The Bertz CT molecular complexity index is 417. The molecule has 0 amide bonds. The third-order valence-corrected chi connectivity index (χ3v) is 3.88. The minimum atomic E-state index is 0.582. The van der Waals surface area contributed by atoms with Crippen LogP contribution >= 0.6 is 11.6 Å². The van der Waals surface area contributed by atoms with Crippen molar-refractivity contribution in [1.29, 1.82) is 0 Å². The van der Waals surface area contributed by atoms with Gasteiger partial charge in [-0.25, -0.2) is 9.97 Å². The molecule has 1 saturated heterocycles. The predicted octanol–water partition coefficient (Wildman–Crippen LogP) is 3.37. The topological polar surface area (TPSA) is 29.0 Å². The van der Waals surface area contributed by atoms with E-state index in [0.717, 1.165) is 23.8 Å². The molecule has 94 valence electrons. The van der Waals surface area contributed by atoms with Crippen molar-refractivity contribution in [2.75, 3.05) is 11.4 Å². The van der Waals surface area contributed by atoms with E-state index in [1.54, 1.807) is 0 Å². The van der Waals surface area contributed by atoms with Gasteiger partial charge in [0.15, 0.2) is 0 Å². The SMILES string of the molecule is Cc1nc(Cl)c(C)c(N2CCCC2C(C)C)n1. The van der Waals surface area contributed by atoms with Crippen molar-refractivity contribution in [2.24, 2.45) is 5.92 Å². The monoisotopic (exact) mass is 253 g/mol.